The molecule has 5 heteroatoms. The minimum absolute atomic E-state index is 0.0143. The van der Waals surface area contributed by atoms with Crippen LogP contribution in [0.15, 0.2) is 24.3 Å². The molecule has 122 valence electrons. The zero-order chi connectivity index (χ0) is 16.2. The maximum absolute atomic E-state index is 12.3. The zero-order valence-electron chi connectivity index (χ0n) is 13.7. The van der Waals surface area contributed by atoms with Gasteiger partial charge in [0.05, 0.1) is 6.54 Å². The van der Waals surface area contributed by atoms with E-state index < -0.39 is 0 Å². The monoisotopic (exact) mass is 306 g/mol. The predicted octanol–water partition coefficient (Wildman–Crippen LogP) is 2.58. The molecule has 22 heavy (non-hydrogen) atoms. The number of nitrogens with two attached hydrogens (primary N) is 1. The highest BCUT2D eigenvalue weighted by Crippen LogP contribution is 2.28. The van der Waals surface area contributed by atoms with Crippen LogP contribution >= 0.6 is 0 Å². The summed E-state index contributed by atoms with van der Waals surface area (Å²) in [5, 5.41) is 0. The number of hydrogen-bond acceptors (Lipinski definition) is 4. The van der Waals surface area contributed by atoms with E-state index in [0.29, 0.717) is 13.1 Å². The molecule has 2 rings (SSSR count). The quantitative estimate of drug-likeness (QED) is 0.928. The van der Waals surface area contributed by atoms with Crippen molar-refractivity contribution in [3.63, 3.8) is 0 Å². The lowest BCUT2D eigenvalue weighted by molar-refractivity contribution is 0.0396. The molecule has 1 amide bonds. The number of amides is 1. The Kier molecular flexibility index (Phi) is 5.29. The van der Waals surface area contributed by atoms with Crippen LogP contribution in [-0.4, -0.2) is 42.3 Å². The molecule has 0 spiro atoms. The van der Waals surface area contributed by atoms with Crippen molar-refractivity contribution >= 4 is 6.09 Å². The number of carbonyl (C=O) groups is 1. The number of nitrogens with zero attached hydrogens (tertiary/aromatic N) is 1. The fourth-order valence-corrected chi connectivity index (χ4v) is 2.56. The van der Waals surface area contributed by atoms with Gasteiger partial charge >= 0.3 is 6.09 Å². The first-order chi connectivity index (χ1) is 10.4. The number of fused-ring (bicyclic) bond motifs is 1. The highest BCUT2D eigenvalue weighted by Gasteiger charge is 2.32. The van der Waals surface area contributed by atoms with E-state index in [1.165, 1.54) is 5.56 Å². The average Bonchev–Trinajstić information content (AvgIpc) is 2.49. The molecule has 0 fully saturated rings. The predicted molar refractivity (Wildman–Crippen MR) is 86.0 cm³/mol. The minimum Gasteiger partial charge on any atom is -0.488 e. The first-order valence-corrected chi connectivity index (χ1v) is 7.81. The third-order valence-electron chi connectivity index (χ3n) is 3.76. The highest BCUT2D eigenvalue weighted by molar-refractivity contribution is 5.68. The van der Waals surface area contributed by atoms with Crippen LogP contribution in [0.2, 0.25) is 0 Å². The summed E-state index contributed by atoms with van der Waals surface area (Å²) in [6.45, 7) is 7.06. The van der Waals surface area contributed by atoms with Crippen LogP contribution in [0.5, 0.6) is 5.75 Å². The Bertz CT molecular complexity index is 511. The zero-order valence-corrected chi connectivity index (χ0v) is 13.7. The Morgan fingerprint density at radius 1 is 1.41 bits per heavy atom. The Morgan fingerprint density at radius 2 is 2.14 bits per heavy atom. The van der Waals surface area contributed by atoms with Crippen molar-refractivity contribution in [1.82, 2.24) is 4.90 Å². The summed E-state index contributed by atoms with van der Waals surface area (Å²) >= 11 is 0. The van der Waals surface area contributed by atoms with Crippen LogP contribution in [0.25, 0.3) is 0 Å². The van der Waals surface area contributed by atoms with Crippen molar-refractivity contribution in [2.24, 2.45) is 5.73 Å². The minimum atomic E-state index is -0.333. The molecule has 1 aromatic carbocycles. The van der Waals surface area contributed by atoms with Crippen molar-refractivity contribution in [2.45, 2.75) is 45.3 Å². The molecule has 1 atom stereocenters. The largest absolute Gasteiger partial charge is 0.488 e. The van der Waals surface area contributed by atoms with E-state index in [0.717, 1.165) is 18.6 Å². The van der Waals surface area contributed by atoms with E-state index in [2.05, 4.69) is 6.07 Å². The second-order valence-electron chi connectivity index (χ2n) is 6.57. The second kappa shape index (κ2) is 7.01. The maximum atomic E-state index is 12.3. The standard InChI is InChI=1S/C17H26N2O3/c1-17(2,3)19(16(20)21-11-10-18)12-14-9-8-13-6-4-5-7-15(13)22-14/h4-7,14H,8-12,18H2,1-3H3. The SMILES string of the molecule is CC(C)(C)N(CC1CCc2ccccc2O1)C(=O)OCCN. The van der Waals surface area contributed by atoms with Crippen molar-refractivity contribution in [2.75, 3.05) is 19.7 Å². The molecule has 1 unspecified atom stereocenters. The fraction of sp³-hybridized carbons (Fsp3) is 0.588. The second-order valence-corrected chi connectivity index (χ2v) is 6.57. The molecule has 1 aliphatic heterocycles. The smallest absolute Gasteiger partial charge is 0.410 e. The number of rotatable bonds is 4. The van der Waals surface area contributed by atoms with Gasteiger partial charge in [0.1, 0.15) is 18.5 Å². The summed E-state index contributed by atoms with van der Waals surface area (Å²) in [6, 6.07) is 8.06. The van der Waals surface area contributed by atoms with Gasteiger partial charge < -0.3 is 15.2 Å². The number of carbonyl (C=O) groups excluding carboxylic acids is 1. The van der Waals surface area contributed by atoms with Crippen molar-refractivity contribution in [3.8, 4) is 5.75 Å². The number of ether oxygens (including phenoxy) is 2. The lowest BCUT2D eigenvalue weighted by Crippen LogP contribution is -2.51. The van der Waals surface area contributed by atoms with Crippen LogP contribution in [-0.2, 0) is 11.2 Å². The van der Waals surface area contributed by atoms with Gasteiger partial charge in [0.25, 0.3) is 0 Å². The Hall–Kier alpha value is -1.75. The number of aryl methyl sites for hydroxylation is 1. The van der Waals surface area contributed by atoms with Gasteiger partial charge in [-0.05, 0) is 45.2 Å². The Balaban J connectivity index is 2.04. The van der Waals surface area contributed by atoms with E-state index in [1.807, 2.05) is 39.0 Å². The molecule has 0 saturated heterocycles. The first kappa shape index (κ1) is 16.6. The van der Waals surface area contributed by atoms with Crippen molar-refractivity contribution < 1.29 is 14.3 Å². The van der Waals surface area contributed by atoms with Crippen molar-refractivity contribution in [3.05, 3.63) is 29.8 Å². The first-order valence-electron chi connectivity index (χ1n) is 7.81. The molecule has 0 radical (unpaired) electrons. The molecular formula is C17H26N2O3. The molecular weight excluding hydrogens is 280 g/mol. The van der Waals surface area contributed by atoms with E-state index in [4.69, 9.17) is 15.2 Å². The van der Waals surface area contributed by atoms with E-state index >= 15 is 0 Å². The number of para-hydroxylation sites is 1. The van der Waals surface area contributed by atoms with Crippen LogP contribution in [0.3, 0.4) is 0 Å². The third-order valence-corrected chi connectivity index (χ3v) is 3.76. The summed E-state index contributed by atoms with van der Waals surface area (Å²) in [6.07, 6.45) is 1.52. The summed E-state index contributed by atoms with van der Waals surface area (Å²) in [4.78, 5) is 14.0. The highest BCUT2D eigenvalue weighted by atomic mass is 16.6. The lowest BCUT2D eigenvalue weighted by atomic mass is 10.00. The van der Waals surface area contributed by atoms with Crippen LogP contribution in [0, 0.1) is 0 Å². The lowest BCUT2D eigenvalue weighted by Gasteiger charge is -2.38. The van der Waals surface area contributed by atoms with Crippen LogP contribution in [0.4, 0.5) is 4.79 Å². The number of benzene rings is 1. The summed E-state index contributed by atoms with van der Waals surface area (Å²) in [7, 11) is 0. The van der Waals surface area contributed by atoms with Gasteiger partial charge in [-0.3, -0.25) is 4.90 Å². The maximum Gasteiger partial charge on any atom is 0.410 e. The van der Waals surface area contributed by atoms with Crippen LogP contribution < -0.4 is 10.5 Å². The molecule has 1 aliphatic rings. The molecule has 0 saturated carbocycles. The topological polar surface area (TPSA) is 64.8 Å². The summed E-state index contributed by atoms with van der Waals surface area (Å²) in [5.41, 5.74) is 6.30. The summed E-state index contributed by atoms with van der Waals surface area (Å²) in [5.74, 6) is 0.919. The van der Waals surface area contributed by atoms with E-state index in [1.54, 1.807) is 4.90 Å². The van der Waals surface area contributed by atoms with E-state index in [9.17, 15) is 4.79 Å². The Morgan fingerprint density at radius 3 is 2.82 bits per heavy atom. The molecule has 0 aliphatic carbocycles. The van der Waals surface area contributed by atoms with Gasteiger partial charge in [0, 0.05) is 12.1 Å². The molecule has 0 bridgehead atoms. The van der Waals surface area contributed by atoms with Gasteiger partial charge in [-0.15, -0.1) is 0 Å². The number of hydrogen-bond donors (Lipinski definition) is 1. The van der Waals surface area contributed by atoms with E-state index in [-0.39, 0.29) is 24.3 Å². The van der Waals surface area contributed by atoms with Gasteiger partial charge in [-0.1, -0.05) is 18.2 Å². The summed E-state index contributed by atoms with van der Waals surface area (Å²) < 4.78 is 11.2. The fourth-order valence-electron chi connectivity index (χ4n) is 2.56. The third kappa shape index (κ3) is 4.13. The molecule has 5 nitrogen and oxygen atoms in total. The van der Waals surface area contributed by atoms with Gasteiger partial charge in [-0.25, -0.2) is 4.79 Å². The van der Waals surface area contributed by atoms with Gasteiger partial charge in [0.2, 0.25) is 0 Å². The average molecular weight is 306 g/mol. The normalized spacial score (nSPS) is 17.4. The Labute approximate surface area is 132 Å². The van der Waals surface area contributed by atoms with Crippen molar-refractivity contribution in [1.29, 1.82) is 0 Å². The van der Waals surface area contributed by atoms with Crippen LogP contribution in [0.1, 0.15) is 32.8 Å². The molecule has 1 heterocycles. The van der Waals surface area contributed by atoms with Gasteiger partial charge in [-0.2, -0.15) is 0 Å². The molecule has 0 aromatic heterocycles. The molecule has 1 aromatic rings. The molecule has 2 N–H and O–H groups in total. The van der Waals surface area contributed by atoms with Gasteiger partial charge in [0.15, 0.2) is 0 Å².